The predicted molar refractivity (Wildman–Crippen MR) is 65.2 cm³/mol. The third-order valence-electron chi connectivity index (χ3n) is 2.10. The van der Waals surface area contributed by atoms with Crippen molar-refractivity contribution in [1.82, 2.24) is 14.5 Å². The molecule has 1 rings (SSSR count). The SMILES string of the molecule is CC(C(N)=S)S(=O)(=O)NCc1cnn(C)c1. The lowest BCUT2D eigenvalue weighted by Crippen LogP contribution is -2.39. The van der Waals surface area contributed by atoms with Gasteiger partial charge in [-0.2, -0.15) is 5.10 Å². The molecule has 0 aliphatic heterocycles. The second kappa shape index (κ2) is 4.89. The van der Waals surface area contributed by atoms with Crippen molar-refractivity contribution in [2.24, 2.45) is 12.8 Å². The third kappa shape index (κ3) is 3.26. The Bertz CT molecular complexity index is 480. The summed E-state index contributed by atoms with van der Waals surface area (Å²) in [6.45, 7) is 1.64. The van der Waals surface area contributed by atoms with Crippen molar-refractivity contribution >= 4 is 27.2 Å². The van der Waals surface area contributed by atoms with Crippen LogP contribution in [0.4, 0.5) is 0 Å². The fourth-order valence-electron chi connectivity index (χ4n) is 1.03. The minimum Gasteiger partial charge on any atom is -0.392 e. The number of sulfonamides is 1. The highest BCUT2D eigenvalue weighted by Crippen LogP contribution is 2.02. The molecule has 0 saturated heterocycles. The second-order valence-electron chi connectivity index (χ2n) is 3.43. The Labute approximate surface area is 99.9 Å². The molecule has 0 bridgehead atoms. The molecule has 0 aliphatic carbocycles. The predicted octanol–water partition coefficient (Wildman–Crippen LogP) is -0.486. The number of hydrogen-bond acceptors (Lipinski definition) is 4. The van der Waals surface area contributed by atoms with E-state index in [2.05, 4.69) is 22.0 Å². The van der Waals surface area contributed by atoms with E-state index in [1.54, 1.807) is 24.1 Å². The average Bonchev–Trinajstić information content (AvgIpc) is 2.60. The molecule has 0 fully saturated rings. The minimum atomic E-state index is -3.50. The summed E-state index contributed by atoms with van der Waals surface area (Å²) in [5, 5.41) is 3.05. The van der Waals surface area contributed by atoms with Crippen LogP contribution in [0.5, 0.6) is 0 Å². The van der Waals surface area contributed by atoms with Crippen molar-refractivity contribution in [2.45, 2.75) is 18.7 Å². The van der Waals surface area contributed by atoms with Crippen LogP contribution in [-0.4, -0.2) is 28.4 Å². The van der Waals surface area contributed by atoms with Gasteiger partial charge in [-0.05, 0) is 6.92 Å². The van der Waals surface area contributed by atoms with Gasteiger partial charge in [-0.15, -0.1) is 0 Å². The molecule has 3 N–H and O–H groups in total. The van der Waals surface area contributed by atoms with Gasteiger partial charge in [0.25, 0.3) is 0 Å². The van der Waals surface area contributed by atoms with Crippen molar-refractivity contribution in [3.05, 3.63) is 18.0 Å². The van der Waals surface area contributed by atoms with E-state index >= 15 is 0 Å². The molecule has 0 spiro atoms. The van der Waals surface area contributed by atoms with E-state index in [1.165, 1.54) is 6.92 Å². The van der Waals surface area contributed by atoms with Crippen LogP contribution in [0.2, 0.25) is 0 Å². The number of nitrogens with zero attached hydrogens (tertiary/aromatic N) is 2. The maximum atomic E-state index is 11.6. The Morgan fingerprint density at radius 3 is 2.81 bits per heavy atom. The lowest BCUT2D eigenvalue weighted by Gasteiger charge is -2.11. The van der Waals surface area contributed by atoms with Crippen LogP contribution in [0.15, 0.2) is 12.4 Å². The van der Waals surface area contributed by atoms with Crippen LogP contribution >= 0.6 is 12.2 Å². The van der Waals surface area contributed by atoms with Gasteiger partial charge in [0.2, 0.25) is 10.0 Å². The Morgan fingerprint density at radius 1 is 1.75 bits per heavy atom. The summed E-state index contributed by atoms with van der Waals surface area (Å²) in [5.74, 6) is 0. The van der Waals surface area contributed by atoms with E-state index in [1.807, 2.05) is 0 Å². The standard InChI is InChI=1S/C8H14N4O2S2/c1-6(8(9)15)16(13,14)11-4-7-3-10-12(2)5-7/h3,5-6,11H,4H2,1-2H3,(H2,9,15). The molecule has 16 heavy (non-hydrogen) atoms. The number of hydrogen-bond donors (Lipinski definition) is 2. The molecule has 0 aliphatic rings. The van der Waals surface area contributed by atoms with Gasteiger partial charge in [0.1, 0.15) is 5.25 Å². The molecule has 8 heteroatoms. The van der Waals surface area contributed by atoms with E-state index in [9.17, 15) is 8.42 Å². The zero-order valence-corrected chi connectivity index (χ0v) is 10.7. The zero-order valence-electron chi connectivity index (χ0n) is 9.04. The molecule has 0 amide bonds. The van der Waals surface area contributed by atoms with E-state index in [0.29, 0.717) is 0 Å². The summed E-state index contributed by atoms with van der Waals surface area (Å²) < 4.78 is 27.3. The average molecular weight is 262 g/mol. The number of aryl methyl sites for hydroxylation is 1. The van der Waals surface area contributed by atoms with Crippen LogP contribution in [0.25, 0.3) is 0 Å². The van der Waals surface area contributed by atoms with Gasteiger partial charge in [-0.1, -0.05) is 12.2 Å². The first-order chi connectivity index (χ1) is 7.33. The van der Waals surface area contributed by atoms with E-state index in [-0.39, 0.29) is 11.5 Å². The van der Waals surface area contributed by atoms with E-state index in [0.717, 1.165) is 5.56 Å². The van der Waals surface area contributed by atoms with Gasteiger partial charge >= 0.3 is 0 Å². The van der Waals surface area contributed by atoms with Gasteiger partial charge in [0, 0.05) is 25.4 Å². The number of thiocarbonyl (C=S) groups is 1. The molecule has 1 heterocycles. The zero-order chi connectivity index (χ0) is 12.3. The van der Waals surface area contributed by atoms with Gasteiger partial charge in [0.15, 0.2) is 0 Å². The van der Waals surface area contributed by atoms with Crippen molar-refractivity contribution in [1.29, 1.82) is 0 Å². The highest BCUT2D eigenvalue weighted by atomic mass is 32.2. The van der Waals surface area contributed by atoms with Crippen molar-refractivity contribution < 1.29 is 8.42 Å². The van der Waals surface area contributed by atoms with Gasteiger partial charge in [-0.25, -0.2) is 13.1 Å². The van der Waals surface area contributed by atoms with Gasteiger partial charge in [-0.3, -0.25) is 4.68 Å². The molecule has 0 saturated carbocycles. The maximum Gasteiger partial charge on any atom is 0.221 e. The van der Waals surface area contributed by atoms with E-state index in [4.69, 9.17) is 5.73 Å². The third-order valence-corrected chi connectivity index (χ3v) is 4.34. The molecule has 6 nitrogen and oxygen atoms in total. The lowest BCUT2D eigenvalue weighted by molar-refractivity contribution is 0.578. The first kappa shape index (κ1) is 13.1. The summed E-state index contributed by atoms with van der Waals surface area (Å²) >= 11 is 4.64. The van der Waals surface area contributed by atoms with Gasteiger partial charge < -0.3 is 5.73 Å². The largest absolute Gasteiger partial charge is 0.392 e. The molecule has 1 unspecified atom stereocenters. The van der Waals surface area contributed by atoms with Crippen LogP contribution in [0, 0.1) is 0 Å². The fourth-order valence-corrected chi connectivity index (χ4v) is 2.33. The molecule has 0 radical (unpaired) electrons. The summed E-state index contributed by atoms with van der Waals surface area (Å²) in [6.07, 6.45) is 3.32. The van der Waals surface area contributed by atoms with Crippen LogP contribution in [0.3, 0.4) is 0 Å². The summed E-state index contributed by atoms with van der Waals surface area (Å²) in [7, 11) is -1.74. The Morgan fingerprint density at radius 2 is 2.38 bits per heavy atom. The van der Waals surface area contributed by atoms with Crippen LogP contribution < -0.4 is 10.5 Å². The molecule has 1 atom stereocenters. The molecular formula is C8H14N4O2S2. The van der Waals surface area contributed by atoms with Crippen molar-refractivity contribution in [3.63, 3.8) is 0 Å². The first-order valence-corrected chi connectivity index (χ1v) is 6.53. The highest BCUT2D eigenvalue weighted by molar-refractivity contribution is 7.93. The summed E-state index contributed by atoms with van der Waals surface area (Å²) in [4.78, 5) is -0.0429. The van der Waals surface area contributed by atoms with E-state index < -0.39 is 15.3 Å². The topological polar surface area (TPSA) is 90.0 Å². The summed E-state index contributed by atoms with van der Waals surface area (Å²) in [6, 6.07) is 0. The number of rotatable bonds is 5. The minimum absolute atomic E-state index is 0.0429. The van der Waals surface area contributed by atoms with Crippen molar-refractivity contribution in [2.75, 3.05) is 0 Å². The Balaban J connectivity index is 2.65. The molecule has 90 valence electrons. The molecule has 1 aromatic rings. The fraction of sp³-hybridized carbons (Fsp3) is 0.500. The smallest absolute Gasteiger partial charge is 0.221 e. The highest BCUT2D eigenvalue weighted by Gasteiger charge is 2.22. The monoisotopic (exact) mass is 262 g/mol. The normalized spacial score (nSPS) is 13.6. The molecular weight excluding hydrogens is 248 g/mol. The number of aromatic nitrogens is 2. The maximum absolute atomic E-state index is 11.6. The quantitative estimate of drug-likeness (QED) is 0.699. The van der Waals surface area contributed by atoms with Gasteiger partial charge in [0.05, 0.1) is 11.2 Å². The van der Waals surface area contributed by atoms with Crippen LogP contribution in [0.1, 0.15) is 12.5 Å². The molecule has 0 aromatic carbocycles. The first-order valence-electron chi connectivity index (χ1n) is 4.58. The Kier molecular flexibility index (Phi) is 4.00. The second-order valence-corrected chi connectivity index (χ2v) is 5.99. The Hall–Kier alpha value is -0.990. The van der Waals surface area contributed by atoms with Crippen molar-refractivity contribution in [3.8, 4) is 0 Å². The molecule has 1 aromatic heterocycles. The summed E-state index contributed by atoms with van der Waals surface area (Å²) in [5.41, 5.74) is 6.07. The van der Waals surface area contributed by atoms with Crippen LogP contribution in [-0.2, 0) is 23.6 Å². The number of nitrogens with two attached hydrogens (primary N) is 1. The number of nitrogens with one attached hydrogen (secondary N) is 1. The lowest BCUT2D eigenvalue weighted by atomic mass is 10.4.